The summed E-state index contributed by atoms with van der Waals surface area (Å²) in [5.74, 6) is 1.78. The first-order valence-electron chi connectivity index (χ1n) is 8.49. The highest BCUT2D eigenvalue weighted by molar-refractivity contribution is 6.44. The molecular formula is C16H34O2Si. The maximum absolute atomic E-state index is 5.78. The summed E-state index contributed by atoms with van der Waals surface area (Å²) >= 11 is 0. The van der Waals surface area contributed by atoms with Crippen LogP contribution in [-0.4, -0.2) is 22.5 Å². The van der Waals surface area contributed by atoms with Crippen LogP contribution in [0.4, 0.5) is 0 Å². The minimum absolute atomic E-state index is 0.776. The normalized spacial score (nSPS) is 19.6. The maximum atomic E-state index is 5.78. The Balaban J connectivity index is 2.19. The van der Waals surface area contributed by atoms with Crippen molar-refractivity contribution in [1.29, 1.82) is 0 Å². The van der Waals surface area contributed by atoms with Crippen LogP contribution in [0.15, 0.2) is 0 Å². The SMILES string of the molecule is CCO[SiH](CC(C)CCC1CCCCCC1)OCC. The predicted octanol–water partition coefficient (Wildman–Crippen LogP) is 4.67. The van der Waals surface area contributed by atoms with Gasteiger partial charge in [0.2, 0.25) is 0 Å². The van der Waals surface area contributed by atoms with E-state index in [0.717, 1.165) is 25.0 Å². The molecule has 1 saturated carbocycles. The van der Waals surface area contributed by atoms with Gasteiger partial charge >= 0.3 is 9.28 Å². The lowest BCUT2D eigenvalue weighted by Gasteiger charge is -2.21. The second-order valence-electron chi connectivity index (χ2n) is 6.12. The van der Waals surface area contributed by atoms with E-state index < -0.39 is 9.28 Å². The lowest BCUT2D eigenvalue weighted by Crippen LogP contribution is -2.25. The molecule has 1 aliphatic rings. The minimum Gasteiger partial charge on any atom is -0.397 e. The van der Waals surface area contributed by atoms with E-state index in [1.54, 1.807) is 0 Å². The van der Waals surface area contributed by atoms with Gasteiger partial charge in [0.15, 0.2) is 0 Å². The molecule has 1 aliphatic carbocycles. The van der Waals surface area contributed by atoms with E-state index in [2.05, 4.69) is 20.8 Å². The highest BCUT2D eigenvalue weighted by Gasteiger charge is 2.18. The second-order valence-corrected chi connectivity index (χ2v) is 8.11. The predicted molar refractivity (Wildman–Crippen MR) is 84.8 cm³/mol. The molecule has 0 aliphatic heterocycles. The van der Waals surface area contributed by atoms with Crippen molar-refractivity contribution in [1.82, 2.24) is 0 Å². The van der Waals surface area contributed by atoms with E-state index in [-0.39, 0.29) is 0 Å². The van der Waals surface area contributed by atoms with Gasteiger partial charge in [0, 0.05) is 13.2 Å². The fourth-order valence-electron chi connectivity index (χ4n) is 3.18. The Morgan fingerprint density at radius 3 is 2.11 bits per heavy atom. The topological polar surface area (TPSA) is 18.5 Å². The highest BCUT2D eigenvalue weighted by Crippen LogP contribution is 2.28. The van der Waals surface area contributed by atoms with E-state index in [4.69, 9.17) is 8.85 Å². The van der Waals surface area contributed by atoms with E-state index in [1.807, 2.05) is 0 Å². The van der Waals surface area contributed by atoms with Crippen LogP contribution in [0.3, 0.4) is 0 Å². The Hall–Kier alpha value is 0.137. The van der Waals surface area contributed by atoms with E-state index >= 15 is 0 Å². The third kappa shape index (κ3) is 8.11. The summed E-state index contributed by atoms with van der Waals surface area (Å²) in [4.78, 5) is 0. The van der Waals surface area contributed by atoms with Gasteiger partial charge in [0.05, 0.1) is 0 Å². The molecule has 2 nitrogen and oxygen atoms in total. The Morgan fingerprint density at radius 2 is 1.58 bits per heavy atom. The van der Waals surface area contributed by atoms with Crippen LogP contribution in [0.5, 0.6) is 0 Å². The van der Waals surface area contributed by atoms with Crippen molar-refractivity contribution < 1.29 is 8.85 Å². The summed E-state index contributed by atoms with van der Waals surface area (Å²) in [6.07, 6.45) is 11.6. The molecule has 0 radical (unpaired) electrons. The van der Waals surface area contributed by atoms with Crippen LogP contribution >= 0.6 is 0 Å². The fraction of sp³-hybridized carbons (Fsp3) is 1.00. The molecule has 0 spiro atoms. The summed E-state index contributed by atoms with van der Waals surface area (Å²) in [6.45, 7) is 8.16. The molecule has 0 amide bonds. The van der Waals surface area contributed by atoms with Crippen LogP contribution < -0.4 is 0 Å². The summed E-state index contributed by atoms with van der Waals surface area (Å²) in [6, 6.07) is 1.19. The maximum Gasteiger partial charge on any atom is 0.321 e. The summed E-state index contributed by atoms with van der Waals surface area (Å²) < 4.78 is 11.6. The lowest BCUT2D eigenvalue weighted by molar-refractivity contribution is 0.207. The van der Waals surface area contributed by atoms with Gasteiger partial charge in [0.25, 0.3) is 0 Å². The Bertz CT molecular complexity index is 197. The smallest absolute Gasteiger partial charge is 0.321 e. The van der Waals surface area contributed by atoms with Crippen LogP contribution in [-0.2, 0) is 8.85 Å². The van der Waals surface area contributed by atoms with Gasteiger partial charge in [-0.2, -0.15) is 0 Å². The average molecular weight is 287 g/mol. The molecule has 0 heterocycles. The number of hydrogen-bond acceptors (Lipinski definition) is 2. The zero-order valence-electron chi connectivity index (χ0n) is 13.3. The average Bonchev–Trinajstić information content (AvgIpc) is 2.65. The molecule has 1 atom stereocenters. The van der Waals surface area contributed by atoms with Gasteiger partial charge in [-0.1, -0.05) is 58.3 Å². The molecule has 1 fully saturated rings. The Kier molecular flexibility index (Phi) is 9.83. The molecule has 19 heavy (non-hydrogen) atoms. The minimum atomic E-state index is -1.37. The van der Waals surface area contributed by atoms with E-state index in [0.29, 0.717) is 0 Å². The van der Waals surface area contributed by atoms with Gasteiger partial charge < -0.3 is 8.85 Å². The van der Waals surface area contributed by atoms with Crippen LogP contribution in [0, 0.1) is 11.8 Å². The van der Waals surface area contributed by atoms with Crippen molar-refractivity contribution in [3.63, 3.8) is 0 Å². The van der Waals surface area contributed by atoms with Crippen molar-refractivity contribution in [2.24, 2.45) is 11.8 Å². The molecule has 0 N–H and O–H groups in total. The first-order valence-corrected chi connectivity index (χ1v) is 10.2. The molecule has 0 aromatic carbocycles. The summed E-state index contributed by atoms with van der Waals surface area (Å²) in [7, 11) is -1.37. The molecule has 0 bridgehead atoms. The Labute approximate surface area is 122 Å². The Morgan fingerprint density at radius 1 is 1.00 bits per heavy atom. The quantitative estimate of drug-likeness (QED) is 0.453. The molecule has 3 heteroatoms. The lowest BCUT2D eigenvalue weighted by atomic mass is 9.92. The van der Waals surface area contributed by atoms with Crippen molar-refractivity contribution >= 4 is 9.28 Å². The van der Waals surface area contributed by atoms with Crippen molar-refractivity contribution in [3.8, 4) is 0 Å². The van der Waals surface area contributed by atoms with Gasteiger partial charge in [-0.25, -0.2) is 0 Å². The standard InChI is InChI=1S/C16H34O2Si/c1-4-17-19(18-5-2)14-15(3)12-13-16-10-8-6-7-9-11-16/h15-16,19H,4-14H2,1-3H3. The number of hydrogen-bond donors (Lipinski definition) is 0. The molecule has 114 valence electrons. The van der Waals surface area contributed by atoms with Crippen molar-refractivity contribution in [3.05, 3.63) is 0 Å². The summed E-state index contributed by atoms with van der Waals surface area (Å²) in [5, 5.41) is 0. The number of rotatable bonds is 9. The van der Waals surface area contributed by atoms with Crippen molar-refractivity contribution in [2.75, 3.05) is 13.2 Å². The molecule has 0 aromatic heterocycles. The zero-order valence-corrected chi connectivity index (χ0v) is 14.5. The third-order valence-electron chi connectivity index (χ3n) is 4.34. The zero-order chi connectivity index (χ0) is 13.9. The summed E-state index contributed by atoms with van der Waals surface area (Å²) in [5.41, 5.74) is 0. The van der Waals surface area contributed by atoms with Crippen LogP contribution in [0.25, 0.3) is 0 Å². The molecule has 1 rings (SSSR count). The molecule has 1 unspecified atom stereocenters. The monoisotopic (exact) mass is 286 g/mol. The molecule has 0 aromatic rings. The van der Waals surface area contributed by atoms with Gasteiger partial charge in [0.1, 0.15) is 0 Å². The van der Waals surface area contributed by atoms with Crippen LogP contribution in [0.2, 0.25) is 6.04 Å². The van der Waals surface area contributed by atoms with Crippen molar-refractivity contribution in [2.45, 2.75) is 78.2 Å². The largest absolute Gasteiger partial charge is 0.397 e. The van der Waals surface area contributed by atoms with Gasteiger partial charge in [-0.15, -0.1) is 0 Å². The highest BCUT2D eigenvalue weighted by atomic mass is 28.3. The van der Waals surface area contributed by atoms with Gasteiger partial charge in [-0.05, 0) is 31.7 Å². The first-order chi connectivity index (χ1) is 9.26. The molecular weight excluding hydrogens is 252 g/mol. The second kappa shape index (κ2) is 10.9. The van der Waals surface area contributed by atoms with E-state index in [9.17, 15) is 0 Å². The fourth-order valence-corrected chi connectivity index (χ4v) is 5.18. The third-order valence-corrected chi connectivity index (χ3v) is 6.94. The molecule has 0 saturated heterocycles. The van der Waals surface area contributed by atoms with Gasteiger partial charge in [-0.3, -0.25) is 0 Å². The van der Waals surface area contributed by atoms with Crippen LogP contribution in [0.1, 0.15) is 72.1 Å². The van der Waals surface area contributed by atoms with E-state index in [1.165, 1.54) is 57.4 Å². The first kappa shape index (κ1) is 17.2.